The van der Waals surface area contributed by atoms with Crippen LogP contribution in [0.15, 0.2) is 41.3 Å². The first-order valence-corrected chi connectivity index (χ1v) is 7.83. The van der Waals surface area contributed by atoms with Crippen molar-refractivity contribution in [1.82, 2.24) is 4.98 Å². The Kier molecular flexibility index (Phi) is 4.30. The summed E-state index contributed by atoms with van der Waals surface area (Å²) in [6.07, 6.45) is 0.492. The second-order valence-electron chi connectivity index (χ2n) is 4.23. The van der Waals surface area contributed by atoms with E-state index in [1.807, 2.05) is 0 Å². The molecule has 0 atom stereocenters. The zero-order chi connectivity index (χ0) is 14.8. The third kappa shape index (κ3) is 3.11. The van der Waals surface area contributed by atoms with Crippen molar-refractivity contribution >= 4 is 27.4 Å². The molecule has 0 amide bonds. The average Bonchev–Trinajstić information content (AvgIpc) is 2.41. The van der Waals surface area contributed by atoms with Gasteiger partial charge in [0, 0.05) is 10.7 Å². The number of nitrogens with one attached hydrogen (secondary N) is 1. The van der Waals surface area contributed by atoms with Crippen molar-refractivity contribution in [2.75, 3.05) is 4.72 Å². The van der Waals surface area contributed by atoms with E-state index in [-0.39, 0.29) is 10.7 Å². The second kappa shape index (κ2) is 5.81. The van der Waals surface area contributed by atoms with E-state index in [9.17, 15) is 8.42 Å². The fourth-order valence-electron chi connectivity index (χ4n) is 1.75. The lowest BCUT2D eigenvalue weighted by molar-refractivity contribution is 0.600. The summed E-state index contributed by atoms with van der Waals surface area (Å²) in [5.41, 5.74) is 1.22. The number of hydrogen-bond acceptors (Lipinski definition) is 3. The van der Waals surface area contributed by atoms with E-state index < -0.39 is 10.0 Å². The Labute approximate surface area is 123 Å². The van der Waals surface area contributed by atoms with E-state index >= 15 is 0 Å². The van der Waals surface area contributed by atoms with Crippen LogP contribution in [0.3, 0.4) is 0 Å². The summed E-state index contributed by atoms with van der Waals surface area (Å²) in [5, 5.41) is 0.410. The monoisotopic (exact) mass is 309 g/mol. The van der Waals surface area contributed by atoms with Crippen LogP contribution in [0.4, 0.5) is 5.82 Å². The lowest BCUT2D eigenvalue weighted by Crippen LogP contribution is -2.15. The maximum absolute atomic E-state index is 12.3. The molecule has 0 spiro atoms. The summed E-state index contributed by atoms with van der Waals surface area (Å²) in [4.78, 5) is 4.31. The summed E-state index contributed by atoms with van der Waals surface area (Å²) in [7, 11) is -3.71. The Morgan fingerprint density at radius 1 is 1.25 bits per heavy atom. The molecule has 2 rings (SSSR count). The van der Waals surface area contributed by atoms with Gasteiger partial charge < -0.3 is 0 Å². The molecular formula is C14H14ClN2O2S. The van der Waals surface area contributed by atoms with Crippen molar-refractivity contribution in [3.63, 3.8) is 0 Å². The molecule has 1 heterocycles. The standard InChI is InChI=1S/C14H14ClN2O2S/c1-3-11-6-4-9-14(16-11)17-20(18,19)13-8-5-7-12(15)10(13)2/h4-9H,1,3H2,2H3,(H,16,17). The van der Waals surface area contributed by atoms with E-state index in [4.69, 9.17) is 11.6 Å². The molecule has 1 aromatic carbocycles. The molecular weight excluding hydrogens is 296 g/mol. The van der Waals surface area contributed by atoms with Gasteiger partial charge in [0.25, 0.3) is 10.0 Å². The van der Waals surface area contributed by atoms with E-state index in [0.717, 1.165) is 0 Å². The number of nitrogens with zero attached hydrogens (tertiary/aromatic N) is 1. The normalized spacial score (nSPS) is 11.3. The number of rotatable bonds is 4. The summed E-state index contributed by atoms with van der Waals surface area (Å²) < 4.78 is 27.1. The van der Waals surface area contributed by atoms with Gasteiger partial charge in [-0.15, -0.1) is 0 Å². The molecule has 6 heteroatoms. The van der Waals surface area contributed by atoms with Gasteiger partial charge in [-0.1, -0.05) is 23.7 Å². The summed E-state index contributed by atoms with van der Waals surface area (Å²) in [6.45, 7) is 5.38. The van der Waals surface area contributed by atoms with E-state index in [1.165, 1.54) is 6.07 Å². The van der Waals surface area contributed by atoms with E-state index in [0.29, 0.717) is 22.7 Å². The predicted molar refractivity (Wildman–Crippen MR) is 80.3 cm³/mol. The largest absolute Gasteiger partial charge is 0.263 e. The highest BCUT2D eigenvalue weighted by atomic mass is 35.5. The Morgan fingerprint density at radius 3 is 2.65 bits per heavy atom. The van der Waals surface area contributed by atoms with Crippen LogP contribution in [0.2, 0.25) is 5.02 Å². The van der Waals surface area contributed by atoms with Gasteiger partial charge >= 0.3 is 0 Å². The highest BCUT2D eigenvalue weighted by molar-refractivity contribution is 7.92. The predicted octanol–water partition coefficient (Wildman–Crippen LogP) is 3.22. The van der Waals surface area contributed by atoms with Crippen molar-refractivity contribution in [1.29, 1.82) is 0 Å². The van der Waals surface area contributed by atoms with Gasteiger partial charge in [0.05, 0.1) is 4.90 Å². The first-order chi connectivity index (χ1) is 9.44. The van der Waals surface area contributed by atoms with Crippen molar-refractivity contribution in [2.24, 2.45) is 0 Å². The van der Waals surface area contributed by atoms with Crippen LogP contribution in [-0.2, 0) is 16.4 Å². The minimum Gasteiger partial charge on any atom is -0.263 e. The number of sulfonamides is 1. The topological polar surface area (TPSA) is 59.1 Å². The summed E-state index contributed by atoms with van der Waals surface area (Å²) >= 11 is 5.95. The van der Waals surface area contributed by atoms with Crippen LogP contribution < -0.4 is 4.72 Å². The smallest absolute Gasteiger partial charge is 0.263 e. The molecule has 105 valence electrons. The third-order valence-corrected chi connectivity index (χ3v) is 4.72. The van der Waals surface area contributed by atoms with Gasteiger partial charge in [-0.25, -0.2) is 13.4 Å². The molecule has 0 aliphatic rings. The highest BCUT2D eigenvalue weighted by Gasteiger charge is 2.18. The van der Waals surface area contributed by atoms with Crippen LogP contribution in [0.1, 0.15) is 11.3 Å². The lowest BCUT2D eigenvalue weighted by Gasteiger charge is -2.11. The maximum atomic E-state index is 12.3. The Morgan fingerprint density at radius 2 is 1.95 bits per heavy atom. The molecule has 1 aromatic heterocycles. The second-order valence-corrected chi connectivity index (χ2v) is 6.29. The van der Waals surface area contributed by atoms with Gasteiger partial charge in [0.1, 0.15) is 5.82 Å². The fourth-order valence-corrected chi connectivity index (χ4v) is 3.25. The minimum atomic E-state index is -3.71. The number of aromatic nitrogens is 1. The molecule has 0 unspecified atom stereocenters. The van der Waals surface area contributed by atoms with Crippen molar-refractivity contribution in [2.45, 2.75) is 18.2 Å². The molecule has 0 saturated carbocycles. The van der Waals surface area contributed by atoms with Crippen LogP contribution in [-0.4, -0.2) is 13.4 Å². The molecule has 0 fully saturated rings. The number of halogens is 1. The van der Waals surface area contributed by atoms with Crippen molar-refractivity contribution in [3.05, 3.63) is 59.6 Å². The molecule has 0 bridgehead atoms. The molecule has 2 aromatic rings. The van der Waals surface area contributed by atoms with E-state index in [2.05, 4.69) is 16.6 Å². The minimum absolute atomic E-state index is 0.145. The summed E-state index contributed by atoms with van der Waals surface area (Å²) in [6, 6.07) is 9.87. The molecule has 1 radical (unpaired) electrons. The SMILES string of the molecule is [CH2]Cc1cccc(NS(=O)(=O)c2cccc(Cl)c2C)n1. The molecule has 20 heavy (non-hydrogen) atoms. The molecule has 0 saturated heterocycles. The van der Waals surface area contributed by atoms with Crippen LogP contribution in [0, 0.1) is 13.8 Å². The summed E-state index contributed by atoms with van der Waals surface area (Å²) in [5.74, 6) is 0.269. The molecule has 0 aliphatic heterocycles. The van der Waals surface area contributed by atoms with Gasteiger partial charge in [-0.2, -0.15) is 0 Å². The zero-order valence-corrected chi connectivity index (χ0v) is 12.5. The average molecular weight is 310 g/mol. The van der Waals surface area contributed by atoms with Gasteiger partial charge in [-0.05, 0) is 50.1 Å². The van der Waals surface area contributed by atoms with Crippen molar-refractivity contribution in [3.8, 4) is 0 Å². The van der Waals surface area contributed by atoms with Gasteiger partial charge in [0.2, 0.25) is 0 Å². The van der Waals surface area contributed by atoms with Crippen LogP contribution in [0.25, 0.3) is 0 Å². The maximum Gasteiger partial charge on any atom is 0.263 e. The molecule has 4 nitrogen and oxygen atoms in total. The van der Waals surface area contributed by atoms with Crippen LogP contribution >= 0.6 is 11.6 Å². The number of benzene rings is 1. The zero-order valence-electron chi connectivity index (χ0n) is 10.9. The quantitative estimate of drug-likeness (QED) is 0.943. The molecule has 0 aliphatic carbocycles. The Bertz CT molecular complexity index is 730. The highest BCUT2D eigenvalue weighted by Crippen LogP contribution is 2.24. The van der Waals surface area contributed by atoms with Crippen molar-refractivity contribution < 1.29 is 8.42 Å². The van der Waals surface area contributed by atoms with Gasteiger partial charge in [0.15, 0.2) is 0 Å². The number of hydrogen-bond donors (Lipinski definition) is 1. The number of anilines is 1. The first kappa shape index (κ1) is 14.8. The molecule has 1 N–H and O–H groups in total. The number of pyridine rings is 1. The van der Waals surface area contributed by atoms with Gasteiger partial charge in [-0.3, -0.25) is 4.72 Å². The first-order valence-electron chi connectivity index (χ1n) is 5.97. The Balaban J connectivity index is 2.38. The third-order valence-electron chi connectivity index (χ3n) is 2.81. The Hall–Kier alpha value is -1.59. The van der Waals surface area contributed by atoms with Crippen LogP contribution in [0.5, 0.6) is 0 Å². The lowest BCUT2D eigenvalue weighted by atomic mass is 10.2. The van der Waals surface area contributed by atoms with E-state index in [1.54, 1.807) is 37.3 Å². The fraction of sp³-hybridized carbons (Fsp3) is 0.143.